The molecule has 3 N–H and O–H groups in total. The summed E-state index contributed by atoms with van der Waals surface area (Å²) in [5.41, 5.74) is 8.96. The van der Waals surface area contributed by atoms with Gasteiger partial charge in [-0.3, -0.25) is 5.41 Å². The Balaban J connectivity index is 2.53. The van der Waals surface area contributed by atoms with E-state index in [9.17, 15) is 0 Å². The van der Waals surface area contributed by atoms with Crippen LogP contribution >= 0.6 is 0 Å². The number of hydrogen-bond acceptors (Lipinski definition) is 3. The van der Waals surface area contributed by atoms with Crippen molar-refractivity contribution in [2.24, 2.45) is 5.73 Å². The lowest BCUT2D eigenvalue weighted by molar-refractivity contribution is 0.690. The zero-order chi connectivity index (χ0) is 13.3. The van der Waals surface area contributed by atoms with Gasteiger partial charge >= 0.3 is 0 Å². The third-order valence-corrected chi connectivity index (χ3v) is 3.56. The largest absolute Gasteiger partial charge is 0.384 e. The molecule has 0 aromatic carbocycles. The molecule has 1 aromatic rings. The summed E-state index contributed by atoms with van der Waals surface area (Å²) in [6.45, 7) is 7.27. The molecular formula is C14H22N4. The summed E-state index contributed by atoms with van der Waals surface area (Å²) in [6, 6.07) is 2.43. The van der Waals surface area contributed by atoms with Crippen molar-refractivity contribution in [2.45, 2.75) is 46.1 Å². The molecular weight excluding hydrogens is 224 g/mol. The van der Waals surface area contributed by atoms with Gasteiger partial charge in [0.05, 0.1) is 5.56 Å². The fourth-order valence-corrected chi connectivity index (χ4v) is 2.64. The molecule has 0 atom stereocenters. The summed E-state index contributed by atoms with van der Waals surface area (Å²) in [4.78, 5) is 6.98. The average molecular weight is 246 g/mol. The maximum Gasteiger partial charge on any atom is 0.140 e. The quantitative estimate of drug-likeness (QED) is 0.631. The summed E-state index contributed by atoms with van der Waals surface area (Å²) in [5.74, 6) is 0.993. The first-order valence-electron chi connectivity index (χ1n) is 6.68. The third kappa shape index (κ3) is 2.19. The van der Waals surface area contributed by atoms with Gasteiger partial charge in [0, 0.05) is 18.3 Å². The van der Waals surface area contributed by atoms with Gasteiger partial charge in [0.25, 0.3) is 0 Å². The molecule has 0 aliphatic heterocycles. The first-order valence-corrected chi connectivity index (χ1v) is 6.68. The first kappa shape index (κ1) is 12.9. The summed E-state index contributed by atoms with van der Waals surface area (Å²) in [6.07, 6.45) is 3.28. The maximum absolute atomic E-state index is 7.76. The van der Waals surface area contributed by atoms with E-state index < -0.39 is 0 Å². The Labute approximate surface area is 109 Å². The number of nitrogens with one attached hydrogen (secondary N) is 1. The van der Waals surface area contributed by atoms with Crippen LogP contribution in [0.1, 0.15) is 44.0 Å². The molecule has 98 valence electrons. The van der Waals surface area contributed by atoms with E-state index in [1.807, 2.05) is 0 Å². The number of anilines is 1. The van der Waals surface area contributed by atoms with Crippen LogP contribution in [0.2, 0.25) is 0 Å². The van der Waals surface area contributed by atoms with Crippen molar-refractivity contribution in [1.29, 1.82) is 5.41 Å². The van der Waals surface area contributed by atoms with Gasteiger partial charge < -0.3 is 10.6 Å². The van der Waals surface area contributed by atoms with Crippen molar-refractivity contribution >= 4 is 11.7 Å². The van der Waals surface area contributed by atoms with Gasteiger partial charge in [-0.2, -0.15) is 0 Å². The predicted octanol–water partition coefficient (Wildman–Crippen LogP) is 2.09. The second kappa shape index (κ2) is 4.96. The van der Waals surface area contributed by atoms with Gasteiger partial charge in [0.15, 0.2) is 0 Å². The number of rotatable bonds is 4. The molecule has 0 radical (unpaired) electrons. The molecule has 0 unspecified atom stereocenters. The molecule has 0 bridgehead atoms. The van der Waals surface area contributed by atoms with Crippen LogP contribution in [-0.2, 0) is 12.8 Å². The Hall–Kier alpha value is -1.58. The van der Waals surface area contributed by atoms with E-state index in [1.54, 1.807) is 0 Å². The molecule has 1 heterocycles. The zero-order valence-electron chi connectivity index (χ0n) is 11.5. The molecule has 1 aromatic heterocycles. The SMILES string of the molecule is CCN(c1nc2c(cc1C(=N)N)CCC2)C(C)C. The number of aromatic nitrogens is 1. The van der Waals surface area contributed by atoms with Crippen LogP contribution in [-0.4, -0.2) is 23.4 Å². The highest BCUT2D eigenvalue weighted by molar-refractivity contribution is 6.00. The highest BCUT2D eigenvalue weighted by Gasteiger charge is 2.21. The fraction of sp³-hybridized carbons (Fsp3) is 0.571. The van der Waals surface area contributed by atoms with Gasteiger partial charge in [-0.1, -0.05) is 0 Å². The summed E-state index contributed by atoms with van der Waals surface area (Å²) < 4.78 is 0. The standard InChI is InChI=1S/C14H22N4/c1-4-18(9(2)3)14-11(13(15)16)8-10-6-5-7-12(10)17-14/h8-9H,4-7H2,1-3H3,(H3,15,16). The highest BCUT2D eigenvalue weighted by Crippen LogP contribution is 2.28. The van der Waals surface area contributed by atoms with E-state index in [1.165, 1.54) is 11.3 Å². The fourth-order valence-electron chi connectivity index (χ4n) is 2.64. The van der Waals surface area contributed by atoms with Crippen molar-refractivity contribution in [3.8, 4) is 0 Å². The van der Waals surface area contributed by atoms with Crippen LogP contribution in [0, 0.1) is 5.41 Å². The van der Waals surface area contributed by atoms with E-state index >= 15 is 0 Å². The molecule has 2 rings (SSSR count). The maximum atomic E-state index is 7.76. The molecule has 0 saturated carbocycles. The van der Waals surface area contributed by atoms with E-state index in [0.29, 0.717) is 6.04 Å². The number of amidine groups is 1. The Morgan fingerprint density at radius 1 is 1.50 bits per heavy atom. The third-order valence-electron chi connectivity index (χ3n) is 3.56. The number of nitrogen functional groups attached to an aromatic ring is 1. The van der Waals surface area contributed by atoms with Crippen LogP contribution < -0.4 is 10.6 Å². The smallest absolute Gasteiger partial charge is 0.140 e. The molecule has 0 spiro atoms. The topological polar surface area (TPSA) is 66.0 Å². The molecule has 0 saturated heterocycles. The number of aryl methyl sites for hydroxylation is 2. The number of nitrogens with two attached hydrogens (primary N) is 1. The van der Waals surface area contributed by atoms with Crippen LogP contribution in [0.4, 0.5) is 5.82 Å². The van der Waals surface area contributed by atoms with E-state index in [-0.39, 0.29) is 5.84 Å². The second-order valence-electron chi connectivity index (χ2n) is 5.11. The van der Waals surface area contributed by atoms with Crippen LogP contribution in [0.5, 0.6) is 0 Å². The van der Waals surface area contributed by atoms with Crippen molar-refractivity contribution in [2.75, 3.05) is 11.4 Å². The van der Waals surface area contributed by atoms with E-state index in [0.717, 1.165) is 37.2 Å². The number of nitrogens with zero attached hydrogens (tertiary/aromatic N) is 2. The molecule has 4 nitrogen and oxygen atoms in total. The highest BCUT2D eigenvalue weighted by atomic mass is 15.2. The minimum atomic E-state index is 0.117. The molecule has 0 fully saturated rings. The van der Waals surface area contributed by atoms with Gasteiger partial charge in [0.1, 0.15) is 11.7 Å². The monoisotopic (exact) mass is 246 g/mol. The number of fused-ring (bicyclic) bond motifs is 1. The Morgan fingerprint density at radius 2 is 2.22 bits per heavy atom. The molecule has 18 heavy (non-hydrogen) atoms. The minimum Gasteiger partial charge on any atom is -0.384 e. The van der Waals surface area contributed by atoms with Gasteiger partial charge in [-0.05, 0) is 51.7 Å². The lowest BCUT2D eigenvalue weighted by Crippen LogP contribution is -2.33. The second-order valence-corrected chi connectivity index (χ2v) is 5.11. The van der Waals surface area contributed by atoms with Gasteiger partial charge in [-0.25, -0.2) is 4.98 Å². The molecule has 0 amide bonds. The van der Waals surface area contributed by atoms with Crippen molar-refractivity contribution in [3.05, 3.63) is 22.9 Å². The zero-order valence-corrected chi connectivity index (χ0v) is 11.5. The van der Waals surface area contributed by atoms with Crippen molar-refractivity contribution in [3.63, 3.8) is 0 Å². The van der Waals surface area contributed by atoms with Gasteiger partial charge in [-0.15, -0.1) is 0 Å². The Bertz CT molecular complexity index is 465. The van der Waals surface area contributed by atoms with Crippen LogP contribution in [0.25, 0.3) is 0 Å². The van der Waals surface area contributed by atoms with Crippen LogP contribution in [0.3, 0.4) is 0 Å². The Kier molecular flexibility index (Phi) is 3.55. The normalized spacial score (nSPS) is 13.8. The van der Waals surface area contributed by atoms with Gasteiger partial charge in [0.2, 0.25) is 0 Å². The lowest BCUT2D eigenvalue weighted by atomic mass is 10.1. The molecule has 1 aliphatic rings. The minimum absolute atomic E-state index is 0.117. The Morgan fingerprint density at radius 3 is 2.78 bits per heavy atom. The predicted molar refractivity (Wildman–Crippen MR) is 75.4 cm³/mol. The number of hydrogen-bond donors (Lipinski definition) is 2. The molecule has 4 heteroatoms. The summed E-state index contributed by atoms with van der Waals surface area (Å²) >= 11 is 0. The van der Waals surface area contributed by atoms with Crippen molar-refractivity contribution in [1.82, 2.24) is 4.98 Å². The van der Waals surface area contributed by atoms with Crippen molar-refractivity contribution < 1.29 is 0 Å². The summed E-state index contributed by atoms with van der Waals surface area (Å²) in [5, 5.41) is 7.76. The average Bonchev–Trinajstić information content (AvgIpc) is 2.75. The number of pyridine rings is 1. The lowest BCUT2D eigenvalue weighted by Gasteiger charge is -2.28. The van der Waals surface area contributed by atoms with E-state index in [2.05, 4.69) is 31.7 Å². The van der Waals surface area contributed by atoms with Crippen LogP contribution in [0.15, 0.2) is 6.07 Å². The first-order chi connectivity index (χ1) is 8.54. The molecule has 1 aliphatic carbocycles. The van der Waals surface area contributed by atoms with E-state index in [4.69, 9.17) is 16.1 Å². The summed E-state index contributed by atoms with van der Waals surface area (Å²) in [7, 11) is 0.